The molecule has 3 heterocycles. The molecule has 0 saturated heterocycles. The number of fused-ring (bicyclic) bond motifs is 3. The Kier molecular flexibility index (Phi) is 2.01. The molecular weight excluding hydrogens is 252 g/mol. The molecule has 0 aliphatic rings. The largest absolute Gasteiger partial charge is 0.285 e. The van der Waals surface area contributed by atoms with E-state index in [-0.39, 0.29) is 5.56 Å². The van der Waals surface area contributed by atoms with Crippen LogP contribution in [-0.2, 0) is 0 Å². The van der Waals surface area contributed by atoms with Crippen molar-refractivity contribution in [2.24, 2.45) is 0 Å². The minimum absolute atomic E-state index is 0.180. The lowest BCUT2D eigenvalue weighted by atomic mass is 10.4. The fourth-order valence-electron chi connectivity index (χ4n) is 1.34. The van der Waals surface area contributed by atoms with Gasteiger partial charge in [-0.3, -0.25) is 4.79 Å². The number of thioether (sulfide) groups is 1. The van der Waals surface area contributed by atoms with Gasteiger partial charge in [-0.2, -0.15) is 4.37 Å². The molecule has 3 aromatic rings. The van der Waals surface area contributed by atoms with Gasteiger partial charge in [0.05, 0.1) is 5.39 Å². The monoisotopic (exact) mass is 256 g/mol. The van der Waals surface area contributed by atoms with Crippen molar-refractivity contribution >= 4 is 54.2 Å². The highest BCUT2D eigenvalue weighted by Crippen LogP contribution is 2.38. The number of thiophene rings is 1. The molecule has 0 bridgehead atoms. The Morgan fingerprint density at radius 1 is 1.47 bits per heavy atom. The maximum Gasteiger partial charge on any atom is 0.285 e. The number of rotatable bonds is 1. The van der Waals surface area contributed by atoms with Crippen molar-refractivity contribution in [1.82, 2.24) is 19.8 Å². The van der Waals surface area contributed by atoms with Gasteiger partial charge < -0.3 is 0 Å². The van der Waals surface area contributed by atoms with Crippen molar-refractivity contribution in [3.05, 3.63) is 10.4 Å². The Labute approximate surface area is 95.7 Å². The molecule has 0 fully saturated rings. The zero-order chi connectivity index (χ0) is 10.4. The number of aromatic amines is 1. The van der Waals surface area contributed by atoms with E-state index in [4.69, 9.17) is 0 Å². The molecule has 0 radical (unpaired) electrons. The van der Waals surface area contributed by atoms with Crippen molar-refractivity contribution in [3.63, 3.8) is 0 Å². The summed E-state index contributed by atoms with van der Waals surface area (Å²) >= 11 is 4.38. The second-order valence-electron chi connectivity index (χ2n) is 2.78. The van der Waals surface area contributed by atoms with Gasteiger partial charge in [0.2, 0.25) is 0 Å². The predicted molar refractivity (Wildman–Crippen MR) is 63.0 cm³/mol. The van der Waals surface area contributed by atoms with Gasteiger partial charge in [0, 0.05) is 0 Å². The molecule has 0 amide bonds. The molecule has 0 aliphatic heterocycles. The van der Waals surface area contributed by atoms with Gasteiger partial charge in [-0.25, -0.2) is 5.10 Å². The minimum Gasteiger partial charge on any atom is -0.266 e. The molecule has 0 atom stereocenters. The first-order chi connectivity index (χ1) is 7.31. The summed E-state index contributed by atoms with van der Waals surface area (Å²) in [4.78, 5) is 11.5. The van der Waals surface area contributed by atoms with Crippen molar-refractivity contribution in [1.29, 1.82) is 0 Å². The Balaban J connectivity index is 2.61. The van der Waals surface area contributed by atoms with Crippen LogP contribution in [0.3, 0.4) is 0 Å². The third-order valence-electron chi connectivity index (χ3n) is 1.98. The van der Waals surface area contributed by atoms with E-state index in [2.05, 4.69) is 19.8 Å². The van der Waals surface area contributed by atoms with Crippen molar-refractivity contribution in [2.75, 3.05) is 6.26 Å². The summed E-state index contributed by atoms with van der Waals surface area (Å²) in [6.45, 7) is 0. The molecular formula is C7H4N4OS3. The predicted octanol–water partition coefficient (Wildman–Crippen LogP) is 1.71. The van der Waals surface area contributed by atoms with Crippen molar-refractivity contribution in [3.8, 4) is 0 Å². The topological polar surface area (TPSA) is 71.5 Å². The van der Waals surface area contributed by atoms with E-state index >= 15 is 0 Å². The number of aromatic nitrogens is 4. The van der Waals surface area contributed by atoms with E-state index in [1.165, 1.54) is 22.9 Å². The average Bonchev–Trinajstić information content (AvgIpc) is 2.77. The lowest BCUT2D eigenvalue weighted by Gasteiger charge is -1.88. The Morgan fingerprint density at radius 2 is 2.33 bits per heavy atom. The molecule has 8 heteroatoms. The van der Waals surface area contributed by atoms with Crippen LogP contribution in [0.2, 0.25) is 0 Å². The molecule has 0 spiro atoms. The van der Waals surface area contributed by atoms with Crippen LogP contribution in [-0.4, -0.2) is 26.0 Å². The van der Waals surface area contributed by atoms with Crippen molar-refractivity contribution < 1.29 is 0 Å². The lowest BCUT2D eigenvalue weighted by molar-refractivity contribution is 0.876. The molecule has 3 rings (SSSR count). The van der Waals surface area contributed by atoms with Gasteiger partial charge >= 0.3 is 0 Å². The molecule has 5 nitrogen and oxygen atoms in total. The number of H-pyrrole nitrogens is 1. The highest BCUT2D eigenvalue weighted by atomic mass is 32.2. The van der Waals surface area contributed by atoms with Crippen LogP contribution in [0.5, 0.6) is 0 Å². The van der Waals surface area contributed by atoms with Gasteiger partial charge in [-0.15, -0.1) is 28.2 Å². The Bertz CT molecular complexity index is 697. The molecule has 0 unspecified atom stereocenters. The SMILES string of the molecule is CSc1nsc2sc3c(=O)[nH]nnc3c12. The first-order valence-corrected chi connectivity index (χ1v) is 6.80. The van der Waals surface area contributed by atoms with Crippen LogP contribution in [0.25, 0.3) is 19.6 Å². The smallest absolute Gasteiger partial charge is 0.266 e. The Hall–Kier alpha value is -0.990. The normalized spacial score (nSPS) is 11.5. The lowest BCUT2D eigenvalue weighted by Crippen LogP contribution is -2.07. The fourth-order valence-corrected chi connectivity index (χ4v) is 4.20. The van der Waals surface area contributed by atoms with E-state index in [1.807, 2.05) is 6.26 Å². The highest BCUT2D eigenvalue weighted by molar-refractivity contribution is 7.98. The van der Waals surface area contributed by atoms with Crippen LogP contribution >= 0.6 is 34.6 Å². The summed E-state index contributed by atoms with van der Waals surface area (Å²) in [5.74, 6) is 0. The quantitative estimate of drug-likeness (QED) is 0.671. The van der Waals surface area contributed by atoms with Crippen LogP contribution in [0.4, 0.5) is 0 Å². The van der Waals surface area contributed by atoms with E-state index in [0.717, 1.165) is 14.4 Å². The highest BCUT2D eigenvalue weighted by Gasteiger charge is 2.16. The summed E-state index contributed by atoms with van der Waals surface area (Å²) < 4.78 is 5.95. The van der Waals surface area contributed by atoms with E-state index < -0.39 is 0 Å². The van der Waals surface area contributed by atoms with Crippen LogP contribution in [0.1, 0.15) is 0 Å². The molecule has 76 valence electrons. The van der Waals surface area contributed by atoms with Gasteiger partial charge in [0.1, 0.15) is 19.3 Å². The first-order valence-electron chi connectivity index (χ1n) is 3.98. The van der Waals surface area contributed by atoms with Gasteiger partial charge in [-0.05, 0) is 17.8 Å². The molecule has 15 heavy (non-hydrogen) atoms. The maximum atomic E-state index is 11.5. The number of hydrogen-bond donors (Lipinski definition) is 1. The van der Waals surface area contributed by atoms with Gasteiger partial charge in [-0.1, -0.05) is 5.21 Å². The summed E-state index contributed by atoms with van der Waals surface area (Å²) in [6, 6.07) is 0. The molecule has 0 saturated carbocycles. The molecule has 0 aromatic carbocycles. The summed E-state index contributed by atoms with van der Waals surface area (Å²) in [6.07, 6.45) is 1.96. The standard InChI is InChI=1S/C7H4N4OS3/c1-13-6-2-3-4(5(12)9-11-8-3)14-7(2)15-10-6/h1H3,(H,8,9,12). The number of nitrogens with one attached hydrogen (secondary N) is 1. The zero-order valence-corrected chi connectivity index (χ0v) is 9.92. The average molecular weight is 256 g/mol. The molecule has 3 aromatic heterocycles. The Morgan fingerprint density at radius 3 is 3.13 bits per heavy atom. The van der Waals surface area contributed by atoms with Crippen LogP contribution in [0.15, 0.2) is 9.82 Å². The second kappa shape index (κ2) is 3.26. The molecule has 0 aliphatic carbocycles. The van der Waals surface area contributed by atoms with E-state index in [1.54, 1.807) is 11.8 Å². The number of hydrogen-bond acceptors (Lipinski definition) is 7. The van der Waals surface area contributed by atoms with E-state index in [0.29, 0.717) is 10.2 Å². The van der Waals surface area contributed by atoms with Gasteiger partial charge in [0.15, 0.2) is 0 Å². The number of nitrogens with zero attached hydrogens (tertiary/aromatic N) is 3. The molecule has 1 N–H and O–H groups in total. The van der Waals surface area contributed by atoms with Gasteiger partial charge in [0.25, 0.3) is 5.56 Å². The van der Waals surface area contributed by atoms with Crippen LogP contribution in [0, 0.1) is 0 Å². The summed E-state index contributed by atoms with van der Waals surface area (Å²) in [5.41, 5.74) is 0.484. The summed E-state index contributed by atoms with van der Waals surface area (Å²) in [5, 5.41) is 11.8. The van der Waals surface area contributed by atoms with E-state index in [9.17, 15) is 4.79 Å². The van der Waals surface area contributed by atoms with Crippen LogP contribution < -0.4 is 5.56 Å². The third kappa shape index (κ3) is 1.22. The summed E-state index contributed by atoms with van der Waals surface area (Å²) in [7, 11) is 0. The maximum absolute atomic E-state index is 11.5. The fraction of sp³-hybridized carbons (Fsp3) is 0.143. The van der Waals surface area contributed by atoms with Crippen molar-refractivity contribution in [2.45, 2.75) is 5.03 Å². The minimum atomic E-state index is -0.180. The second-order valence-corrected chi connectivity index (χ2v) is 5.62. The zero-order valence-electron chi connectivity index (χ0n) is 7.47. The third-order valence-corrected chi connectivity index (χ3v) is 4.86. The first kappa shape index (κ1) is 9.25.